The minimum Gasteiger partial charge on any atom is -0.394 e. The number of aliphatic hydroxyl groups is 3. The summed E-state index contributed by atoms with van der Waals surface area (Å²) in [6.07, 6.45) is -0.153. The number of aliphatic hydroxyl groups excluding tert-OH is 3. The molecule has 0 amide bonds. The fraction of sp³-hybridized carbons (Fsp3) is 0.429. The predicted octanol–water partition coefficient (Wildman–Crippen LogP) is -1.16. The lowest BCUT2D eigenvalue weighted by molar-refractivity contribution is -0.384. The van der Waals surface area contributed by atoms with E-state index in [1.54, 1.807) is 6.92 Å². The summed E-state index contributed by atoms with van der Waals surface area (Å²) in [5.41, 5.74) is 9.78. The van der Waals surface area contributed by atoms with E-state index < -0.39 is 11.0 Å². The van der Waals surface area contributed by atoms with Gasteiger partial charge >= 0.3 is 0 Å². The van der Waals surface area contributed by atoms with Crippen LogP contribution in [-0.2, 0) is 0 Å². The number of nitrogens with two attached hydrogens (primary N) is 2. The lowest BCUT2D eigenvalue weighted by atomic mass is 10.1. The van der Waals surface area contributed by atoms with Crippen molar-refractivity contribution in [2.24, 2.45) is 11.5 Å². The molecule has 136 valence electrons. The van der Waals surface area contributed by atoms with Crippen molar-refractivity contribution in [3.05, 3.63) is 39.4 Å². The molecule has 0 fully saturated rings. The van der Waals surface area contributed by atoms with Crippen molar-refractivity contribution < 1.29 is 29.8 Å². The molecule has 0 aliphatic carbocycles. The van der Waals surface area contributed by atoms with E-state index >= 15 is 0 Å². The van der Waals surface area contributed by atoms with Gasteiger partial charge in [-0.1, -0.05) is 0 Å². The number of nitrogens with zero attached hydrogens (tertiary/aromatic N) is 1. The molecule has 0 heterocycles. The Bertz CT molecular complexity index is 479. The van der Waals surface area contributed by atoms with Crippen LogP contribution < -0.4 is 11.5 Å². The fourth-order valence-corrected chi connectivity index (χ4v) is 0.975. The maximum Gasteiger partial charge on any atom is 0.270 e. The van der Waals surface area contributed by atoms with Gasteiger partial charge in [-0.3, -0.25) is 19.7 Å². The summed E-state index contributed by atoms with van der Waals surface area (Å²) >= 11 is 0. The Hall–Kier alpha value is -2.24. The molecular formula is C14H23N3O7. The number of nitro groups is 1. The molecule has 0 aromatic heterocycles. The van der Waals surface area contributed by atoms with Crippen LogP contribution in [0.2, 0.25) is 0 Å². The number of aldehydes is 2. The van der Waals surface area contributed by atoms with Crippen molar-refractivity contribution in [1.29, 1.82) is 0 Å². The highest BCUT2D eigenvalue weighted by Gasteiger charge is 2.08. The van der Waals surface area contributed by atoms with E-state index in [2.05, 4.69) is 0 Å². The quantitative estimate of drug-likeness (QED) is 0.240. The Morgan fingerprint density at radius 2 is 1.54 bits per heavy atom. The molecule has 10 nitrogen and oxygen atoms in total. The standard InChI is InChI=1S/C8H5NO4.C3H9NO2.C3H9NO/c10-4-6-1-7(5-11)3-8(2-6)9(12)13;4-1-3(6)2-5;1-3(5)2-4/h1-5H;3,5-6H,1-2,4H2;3,5H,2,4H2,1H3. The smallest absolute Gasteiger partial charge is 0.270 e. The SMILES string of the molecule is CC(O)CN.NCC(O)CO.O=Cc1cc(C=O)cc([N+](=O)[O-])c1. The number of carbonyl (C=O) groups excluding carboxylic acids is 2. The minimum absolute atomic E-state index is 0.122. The van der Waals surface area contributed by atoms with Crippen LogP contribution in [-0.4, -0.2) is 64.7 Å². The fourth-order valence-electron chi connectivity index (χ4n) is 0.975. The Morgan fingerprint density at radius 1 is 1.12 bits per heavy atom. The third-order valence-corrected chi connectivity index (χ3v) is 2.27. The molecular weight excluding hydrogens is 322 g/mol. The number of nitro benzene ring substituents is 1. The van der Waals surface area contributed by atoms with Crippen LogP contribution in [0.5, 0.6) is 0 Å². The van der Waals surface area contributed by atoms with Gasteiger partial charge in [-0.05, 0) is 13.0 Å². The van der Waals surface area contributed by atoms with Crippen LogP contribution in [0.3, 0.4) is 0 Å². The van der Waals surface area contributed by atoms with Gasteiger partial charge in [-0.2, -0.15) is 0 Å². The lowest BCUT2D eigenvalue weighted by Crippen LogP contribution is -2.22. The van der Waals surface area contributed by atoms with Crippen molar-refractivity contribution in [2.45, 2.75) is 19.1 Å². The van der Waals surface area contributed by atoms with Crippen molar-refractivity contribution in [3.8, 4) is 0 Å². The molecule has 2 atom stereocenters. The maximum atomic E-state index is 10.3. The molecule has 1 aromatic carbocycles. The average Bonchev–Trinajstić information content (AvgIpc) is 2.61. The second kappa shape index (κ2) is 14.4. The first kappa shape index (κ1) is 24.0. The Kier molecular flexibility index (Phi) is 14.4. The van der Waals surface area contributed by atoms with E-state index in [1.165, 1.54) is 6.07 Å². The maximum absolute atomic E-state index is 10.3. The zero-order valence-corrected chi connectivity index (χ0v) is 13.2. The van der Waals surface area contributed by atoms with Gasteiger partial charge in [0.05, 0.1) is 23.7 Å². The largest absolute Gasteiger partial charge is 0.394 e. The first-order valence-corrected chi connectivity index (χ1v) is 6.82. The van der Waals surface area contributed by atoms with Crippen molar-refractivity contribution in [3.63, 3.8) is 0 Å². The average molecular weight is 345 g/mol. The Balaban J connectivity index is 0. The predicted molar refractivity (Wildman–Crippen MR) is 86.8 cm³/mol. The zero-order chi connectivity index (χ0) is 19.1. The van der Waals surface area contributed by atoms with Crippen molar-refractivity contribution >= 4 is 18.3 Å². The van der Waals surface area contributed by atoms with Gasteiger partial charge < -0.3 is 26.8 Å². The van der Waals surface area contributed by atoms with Crippen LogP contribution in [0, 0.1) is 10.1 Å². The number of carbonyl (C=O) groups is 2. The summed E-state index contributed by atoms with van der Waals surface area (Å²) < 4.78 is 0. The van der Waals surface area contributed by atoms with E-state index in [-0.39, 0.29) is 36.1 Å². The summed E-state index contributed by atoms with van der Waals surface area (Å²) in [6, 6.07) is 3.51. The number of benzene rings is 1. The summed E-state index contributed by atoms with van der Waals surface area (Å²) in [4.78, 5) is 30.3. The Morgan fingerprint density at radius 3 is 1.71 bits per heavy atom. The second-order valence-electron chi connectivity index (χ2n) is 4.51. The number of hydrogen-bond acceptors (Lipinski definition) is 9. The molecule has 0 aliphatic rings. The van der Waals surface area contributed by atoms with Gasteiger partial charge in [0.2, 0.25) is 0 Å². The molecule has 0 saturated heterocycles. The molecule has 2 unspecified atom stereocenters. The summed E-state index contributed by atoms with van der Waals surface area (Å²) in [5.74, 6) is 0. The molecule has 7 N–H and O–H groups in total. The molecule has 0 radical (unpaired) electrons. The molecule has 0 spiro atoms. The highest BCUT2D eigenvalue weighted by molar-refractivity contribution is 5.83. The first-order valence-electron chi connectivity index (χ1n) is 6.82. The van der Waals surface area contributed by atoms with Gasteiger partial charge in [-0.15, -0.1) is 0 Å². The molecule has 0 bridgehead atoms. The summed E-state index contributed by atoms with van der Waals surface area (Å²) in [5, 5.41) is 34.8. The Labute approximate surface area is 138 Å². The van der Waals surface area contributed by atoms with Crippen molar-refractivity contribution in [2.75, 3.05) is 19.7 Å². The molecule has 1 aromatic rings. The van der Waals surface area contributed by atoms with Gasteiger partial charge in [-0.25, -0.2) is 0 Å². The summed E-state index contributed by atoms with van der Waals surface area (Å²) in [6.45, 7) is 1.91. The normalized spacial score (nSPS) is 11.8. The lowest BCUT2D eigenvalue weighted by Gasteiger charge is -1.97. The van der Waals surface area contributed by atoms with Crippen LogP contribution in [0.4, 0.5) is 5.69 Å². The van der Waals surface area contributed by atoms with Crippen LogP contribution in [0.25, 0.3) is 0 Å². The van der Waals surface area contributed by atoms with Crippen molar-refractivity contribution in [1.82, 2.24) is 0 Å². The molecule has 10 heteroatoms. The highest BCUT2D eigenvalue weighted by atomic mass is 16.6. The molecule has 0 aliphatic heterocycles. The second-order valence-corrected chi connectivity index (χ2v) is 4.51. The monoisotopic (exact) mass is 345 g/mol. The number of rotatable bonds is 6. The molecule has 0 saturated carbocycles. The third kappa shape index (κ3) is 12.3. The van der Waals surface area contributed by atoms with Gasteiger partial charge in [0.15, 0.2) is 0 Å². The van der Waals surface area contributed by atoms with E-state index in [1.807, 2.05) is 0 Å². The van der Waals surface area contributed by atoms with E-state index in [9.17, 15) is 19.7 Å². The van der Waals surface area contributed by atoms with Gasteiger partial charge in [0.1, 0.15) is 12.6 Å². The molecule has 1 rings (SSSR count). The van der Waals surface area contributed by atoms with Gasteiger partial charge in [0.25, 0.3) is 5.69 Å². The summed E-state index contributed by atoms with van der Waals surface area (Å²) in [7, 11) is 0. The minimum atomic E-state index is -0.731. The van der Waals surface area contributed by atoms with Crippen LogP contribution in [0.15, 0.2) is 18.2 Å². The molecule has 24 heavy (non-hydrogen) atoms. The van der Waals surface area contributed by atoms with E-state index in [0.29, 0.717) is 19.1 Å². The third-order valence-electron chi connectivity index (χ3n) is 2.27. The van der Waals surface area contributed by atoms with Crippen LogP contribution >= 0.6 is 0 Å². The number of hydrogen-bond donors (Lipinski definition) is 5. The highest BCUT2D eigenvalue weighted by Crippen LogP contribution is 2.14. The van der Waals surface area contributed by atoms with E-state index in [0.717, 1.165) is 12.1 Å². The zero-order valence-electron chi connectivity index (χ0n) is 13.2. The van der Waals surface area contributed by atoms with Crippen LogP contribution in [0.1, 0.15) is 27.6 Å². The number of non-ortho nitro benzene ring substituents is 1. The topological polar surface area (TPSA) is 190 Å². The van der Waals surface area contributed by atoms with Gasteiger partial charge in [0, 0.05) is 36.3 Å². The van der Waals surface area contributed by atoms with E-state index in [4.69, 9.17) is 26.8 Å². The first-order chi connectivity index (χ1) is 11.2.